The minimum atomic E-state index is -0.183. The highest BCUT2D eigenvalue weighted by atomic mass is 79.9. The van der Waals surface area contributed by atoms with Gasteiger partial charge in [0.05, 0.1) is 13.0 Å². The molecule has 1 aromatic heterocycles. The molecule has 0 saturated heterocycles. The predicted molar refractivity (Wildman–Crippen MR) is 65.1 cm³/mol. The molecule has 15 heavy (non-hydrogen) atoms. The van der Waals surface area contributed by atoms with Gasteiger partial charge in [-0.3, -0.25) is 4.79 Å². The fourth-order valence-corrected chi connectivity index (χ4v) is 2.83. The monoisotopic (exact) mass is 291 g/mol. The molecule has 1 rings (SSSR count). The molecule has 0 aromatic carbocycles. The lowest BCUT2D eigenvalue weighted by Gasteiger charge is -2.11. The molecule has 1 unspecified atom stereocenters. The Hall–Kier alpha value is -0.390. The predicted octanol–water partition coefficient (Wildman–Crippen LogP) is 2.51. The van der Waals surface area contributed by atoms with Crippen LogP contribution in [-0.2, 0) is 9.53 Å². The maximum atomic E-state index is 11.3. The van der Waals surface area contributed by atoms with Crippen molar-refractivity contribution in [2.75, 3.05) is 13.2 Å². The van der Waals surface area contributed by atoms with Crippen LogP contribution in [0, 0.1) is 0 Å². The molecule has 0 saturated carbocycles. The number of ether oxygens (including phenoxy) is 1. The van der Waals surface area contributed by atoms with Crippen molar-refractivity contribution in [2.24, 2.45) is 5.73 Å². The van der Waals surface area contributed by atoms with Crippen molar-refractivity contribution in [1.29, 1.82) is 0 Å². The molecule has 5 heteroatoms. The third-order valence-electron chi connectivity index (χ3n) is 1.99. The molecule has 1 heterocycles. The van der Waals surface area contributed by atoms with Gasteiger partial charge >= 0.3 is 5.97 Å². The summed E-state index contributed by atoms with van der Waals surface area (Å²) in [5.41, 5.74) is 5.64. The van der Waals surface area contributed by atoms with Gasteiger partial charge in [0.25, 0.3) is 0 Å². The Balaban J connectivity index is 2.60. The van der Waals surface area contributed by atoms with E-state index < -0.39 is 0 Å². The minimum Gasteiger partial charge on any atom is -0.466 e. The summed E-state index contributed by atoms with van der Waals surface area (Å²) in [5, 5.41) is 1.99. The first kappa shape index (κ1) is 12.7. The number of carbonyl (C=O) groups is 1. The summed E-state index contributed by atoms with van der Waals surface area (Å²) < 4.78 is 5.93. The summed E-state index contributed by atoms with van der Waals surface area (Å²) in [7, 11) is 0. The van der Waals surface area contributed by atoms with Crippen molar-refractivity contribution in [2.45, 2.75) is 19.3 Å². The number of esters is 1. The molecule has 0 bridgehead atoms. The average molecular weight is 292 g/mol. The third-order valence-corrected chi connectivity index (χ3v) is 3.85. The number of hydrogen-bond donors (Lipinski definition) is 1. The zero-order valence-corrected chi connectivity index (χ0v) is 10.9. The lowest BCUT2D eigenvalue weighted by molar-refractivity contribution is -0.143. The molecule has 3 nitrogen and oxygen atoms in total. The van der Waals surface area contributed by atoms with Crippen LogP contribution < -0.4 is 5.73 Å². The molecular weight excluding hydrogens is 278 g/mol. The number of nitrogens with two attached hydrogens (primary N) is 1. The number of rotatable bonds is 5. The Labute approximate surface area is 102 Å². The molecule has 0 aliphatic carbocycles. The third kappa shape index (κ3) is 3.93. The maximum Gasteiger partial charge on any atom is 0.306 e. The zero-order valence-electron chi connectivity index (χ0n) is 8.53. The van der Waals surface area contributed by atoms with Crippen LogP contribution in [0.25, 0.3) is 0 Å². The van der Waals surface area contributed by atoms with Crippen molar-refractivity contribution in [3.63, 3.8) is 0 Å². The summed E-state index contributed by atoms with van der Waals surface area (Å²) in [6.07, 6.45) is 0.358. The minimum absolute atomic E-state index is 0.0698. The number of hydrogen-bond acceptors (Lipinski definition) is 4. The average Bonchev–Trinajstić information content (AvgIpc) is 2.61. The molecule has 0 fully saturated rings. The fourth-order valence-electron chi connectivity index (χ4n) is 1.26. The Kier molecular flexibility index (Phi) is 5.28. The Morgan fingerprint density at radius 2 is 2.47 bits per heavy atom. The van der Waals surface area contributed by atoms with Gasteiger partial charge in [-0.1, -0.05) is 0 Å². The van der Waals surface area contributed by atoms with Gasteiger partial charge in [-0.25, -0.2) is 0 Å². The van der Waals surface area contributed by atoms with Crippen molar-refractivity contribution >= 4 is 33.2 Å². The van der Waals surface area contributed by atoms with Crippen LogP contribution in [0.15, 0.2) is 15.9 Å². The van der Waals surface area contributed by atoms with Crippen LogP contribution in [0.3, 0.4) is 0 Å². The molecular formula is C10H14BrNO2S. The van der Waals surface area contributed by atoms with E-state index in [-0.39, 0.29) is 11.9 Å². The molecule has 0 aliphatic rings. The number of carbonyl (C=O) groups excluding carboxylic acids is 1. The van der Waals surface area contributed by atoms with E-state index in [1.165, 1.54) is 0 Å². The second-order valence-electron chi connectivity index (χ2n) is 3.11. The smallest absolute Gasteiger partial charge is 0.306 e. The largest absolute Gasteiger partial charge is 0.466 e. The first-order chi connectivity index (χ1) is 7.17. The van der Waals surface area contributed by atoms with Gasteiger partial charge in [-0.2, -0.15) is 0 Å². The molecule has 0 radical (unpaired) electrons. The molecule has 2 N–H and O–H groups in total. The maximum absolute atomic E-state index is 11.3. The molecule has 1 aromatic rings. The van der Waals surface area contributed by atoms with E-state index in [9.17, 15) is 4.79 Å². The van der Waals surface area contributed by atoms with Gasteiger partial charge in [-0.15, -0.1) is 11.3 Å². The van der Waals surface area contributed by atoms with Crippen LogP contribution in [0.4, 0.5) is 0 Å². The first-order valence-corrected chi connectivity index (χ1v) is 6.44. The molecule has 0 aliphatic heterocycles. The van der Waals surface area contributed by atoms with Gasteiger partial charge in [0.2, 0.25) is 0 Å². The van der Waals surface area contributed by atoms with Crippen LogP contribution in [0.5, 0.6) is 0 Å². The first-order valence-electron chi connectivity index (χ1n) is 4.77. The van der Waals surface area contributed by atoms with Crippen LogP contribution in [-0.4, -0.2) is 19.1 Å². The summed E-state index contributed by atoms with van der Waals surface area (Å²) in [6, 6.07) is 2.00. The SMILES string of the molecule is CCOC(=O)CC(CN)c1cc(Br)cs1. The Morgan fingerprint density at radius 3 is 2.93 bits per heavy atom. The topological polar surface area (TPSA) is 52.3 Å². The Bertz CT molecular complexity index is 327. The Morgan fingerprint density at radius 1 is 1.73 bits per heavy atom. The fraction of sp³-hybridized carbons (Fsp3) is 0.500. The lowest BCUT2D eigenvalue weighted by atomic mass is 10.0. The van der Waals surface area contributed by atoms with Gasteiger partial charge in [0, 0.05) is 27.2 Å². The van der Waals surface area contributed by atoms with Crippen LogP contribution >= 0.6 is 27.3 Å². The highest BCUT2D eigenvalue weighted by molar-refractivity contribution is 9.10. The summed E-state index contributed by atoms with van der Waals surface area (Å²) in [5.74, 6) is -0.113. The van der Waals surface area contributed by atoms with Crippen LogP contribution in [0.2, 0.25) is 0 Å². The zero-order chi connectivity index (χ0) is 11.3. The molecule has 1 atom stereocenters. The number of thiophene rings is 1. The van der Waals surface area contributed by atoms with Crippen molar-refractivity contribution in [3.05, 3.63) is 20.8 Å². The molecule has 0 amide bonds. The molecule has 0 spiro atoms. The standard InChI is InChI=1S/C10H14BrNO2S/c1-2-14-10(13)3-7(5-12)9-4-8(11)6-15-9/h4,6-7H,2-3,5,12H2,1H3. The van der Waals surface area contributed by atoms with E-state index in [1.54, 1.807) is 18.3 Å². The van der Waals surface area contributed by atoms with Gasteiger partial charge < -0.3 is 10.5 Å². The normalized spacial score (nSPS) is 12.5. The lowest BCUT2D eigenvalue weighted by Crippen LogP contribution is -2.17. The molecule has 84 valence electrons. The van der Waals surface area contributed by atoms with Gasteiger partial charge in [0.15, 0.2) is 0 Å². The van der Waals surface area contributed by atoms with Crippen molar-refractivity contribution in [3.8, 4) is 0 Å². The van der Waals surface area contributed by atoms with E-state index in [0.717, 1.165) is 9.35 Å². The summed E-state index contributed by atoms with van der Waals surface area (Å²) in [4.78, 5) is 12.4. The van der Waals surface area contributed by atoms with Gasteiger partial charge in [0.1, 0.15) is 0 Å². The summed E-state index contributed by atoms with van der Waals surface area (Å²) >= 11 is 4.99. The van der Waals surface area contributed by atoms with Gasteiger partial charge in [-0.05, 0) is 28.9 Å². The van der Waals surface area contributed by atoms with Crippen molar-refractivity contribution < 1.29 is 9.53 Å². The van der Waals surface area contributed by atoms with E-state index in [4.69, 9.17) is 10.5 Å². The highest BCUT2D eigenvalue weighted by Gasteiger charge is 2.16. The second-order valence-corrected chi connectivity index (χ2v) is 4.97. The highest BCUT2D eigenvalue weighted by Crippen LogP contribution is 2.28. The van der Waals surface area contributed by atoms with Crippen LogP contribution in [0.1, 0.15) is 24.1 Å². The summed E-state index contributed by atoms with van der Waals surface area (Å²) in [6.45, 7) is 2.69. The van der Waals surface area contributed by atoms with E-state index in [2.05, 4.69) is 15.9 Å². The number of halogens is 1. The second kappa shape index (κ2) is 6.25. The van der Waals surface area contributed by atoms with E-state index in [0.29, 0.717) is 19.6 Å². The quantitative estimate of drug-likeness (QED) is 0.848. The van der Waals surface area contributed by atoms with Crippen molar-refractivity contribution in [1.82, 2.24) is 0 Å². The van der Waals surface area contributed by atoms with E-state index >= 15 is 0 Å². The van der Waals surface area contributed by atoms with E-state index in [1.807, 2.05) is 11.4 Å².